The molecule has 4 aliphatic rings. The summed E-state index contributed by atoms with van der Waals surface area (Å²) in [5.74, 6) is 0.644. The molecule has 2 saturated heterocycles. The second-order valence-corrected chi connectivity index (χ2v) is 6.81. The molecule has 4 aliphatic heterocycles. The molecule has 4 heterocycles. The average Bonchev–Trinajstić information content (AvgIpc) is 3.03. The van der Waals surface area contributed by atoms with Gasteiger partial charge < -0.3 is 20.3 Å². The third-order valence-electron chi connectivity index (χ3n) is 5.08. The second kappa shape index (κ2) is 6.95. The Morgan fingerprint density at radius 1 is 1.12 bits per heavy atom. The molecule has 0 spiro atoms. The van der Waals surface area contributed by atoms with Gasteiger partial charge in [0.05, 0.1) is 11.7 Å². The normalized spacial score (nSPS) is 23.5. The largest absolute Gasteiger partial charge is 0.489 e. The van der Waals surface area contributed by atoms with Crippen molar-refractivity contribution in [3.63, 3.8) is 0 Å². The van der Waals surface area contributed by atoms with Crippen LogP contribution in [-0.2, 0) is 16.1 Å². The number of piperidine rings is 1. The van der Waals surface area contributed by atoms with E-state index in [1.54, 1.807) is 0 Å². The van der Waals surface area contributed by atoms with Gasteiger partial charge in [0.15, 0.2) is 0 Å². The van der Waals surface area contributed by atoms with E-state index in [2.05, 4.69) is 20.9 Å². The molecule has 0 aliphatic carbocycles. The van der Waals surface area contributed by atoms with E-state index in [9.17, 15) is 14.4 Å². The van der Waals surface area contributed by atoms with Crippen molar-refractivity contribution in [2.75, 3.05) is 31.1 Å². The molecule has 1 unspecified atom stereocenters. The Labute approximate surface area is 151 Å². The van der Waals surface area contributed by atoms with E-state index in [4.69, 9.17) is 4.74 Å². The lowest BCUT2D eigenvalue weighted by Crippen LogP contribution is -2.55. The zero-order valence-corrected chi connectivity index (χ0v) is 14.5. The Morgan fingerprint density at radius 3 is 2.65 bits per heavy atom. The van der Waals surface area contributed by atoms with Gasteiger partial charge in [0.2, 0.25) is 11.8 Å². The summed E-state index contributed by atoms with van der Waals surface area (Å²) in [6.45, 7) is 4.26. The highest BCUT2D eigenvalue weighted by Gasteiger charge is 2.34. The molecule has 0 aromatic heterocycles. The standard InChI is InChI=1S/C13H15N3O2.C5H7NO2/c17-13-9-1-2-11-12(10(9)6-15-13)18-7-8-5-14-3-4-16(8)11;7-4-2-1-3-5(8)6-4/h1-2,8,14H,3-7H2,(H,15,17);1-3H2,(H,6,7,8). The van der Waals surface area contributed by atoms with E-state index in [0.29, 0.717) is 38.5 Å². The number of rotatable bonds is 0. The van der Waals surface area contributed by atoms with Crippen LogP contribution >= 0.6 is 0 Å². The quantitative estimate of drug-likeness (QED) is 0.561. The van der Waals surface area contributed by atoms with Crippen LogP contribution in [0, 0.1) is 0 Å². The van der Waals surface area contributed by atoms with Crippen LogP contribution in [0.2, 0.25) is 0 Å². The fraction of sp³-hybridized carbons (Fsp3) is 0.500. The van der Waals surface area contributed by atoms with Crippen LogP contribution in [0.5, 0.6) is 5.75 Å². The summed E-state index contributed by atoms with van der Waals surface area (Å²) in [6, 6.07) is 4.36. The number of hydrogen-bond donors (Lipinski definition) is 3. The van der Waals surface area contributed by atoms with Gasteiger partial charge in [0, 0.05) is 50.1 Å². The highest BCUT2D eigenvalue weighted by Crippen LogP contribution is 2.40. The first kappa shape index (κ1) is 16.8. The first-order valence-corrected chi connectivity index (χ1v) is 9.00. The van der Waals surface area contributed by atoms with E-state index in [0.717, 1.165) is 42.2 Å². The summed E-state index contributed by atoms with van der Waals surface area (Å²) in [5, 5.41) is 8.44. The van der Waals surface area contributed by atoms with Gasteiger partial charge in [-0.1, -0.05) is 0 Å². The van der Waals surface area contributed by atoms with Crippen LogP contribution in [0.15, 0.2) is 12.1 Å². The molecular formula is C18H22N4O4. The number of carbonyl (C=O) groups is 3. The van der Waals surface area contributed by atoms with Crippen molar-refractivity contribution < 1.29 is 19.1 Å². The van der Waals surface area contributed by atoms with Gasteiger partial charge in [0.1, 0.15) is 12.4 Å². The molecule has 3 amide bonds. The molecule has 5 rings (SSSR count). The molecule has 8 heteroatoms. The minimum atomic E-state index is -0.138. The Hall–Kier alpha value is -2.61. The summed E-state index contributed by atoms with van der Waals surface area (Å²) in [7, 11) is 0. The van der Waals surface area contributed by atoms with Gasteiger partial charge >= 0.3 is 0 Å². The van der Waals surface area contributed by atoms with Crippen LogP contribution < -0.4 is 25.6 Å². The lowest BCUT2D eigenvalue weighted by Gasteiger charge is -2.42. The Balaban J connectivity index is 0.000000178. The van der Waals surface area contributed by atoms with Gasteiger partial charge in [0.25, 0.3) is 5.91 Å². The monoisotopic (exact) mass is 358 g/mol. The predicted molar refractivity (Wildman–Crippen MR) is 94.1 cm³/mol. The van der Waals surface area contributed by atoms with E-state index >= 15 is 0 Å². The van der Waals surface area contributed by atoms with Crippen molar-refractivity contribution in [2.45, 2.75) is 31.8 Å². The number of hydrogen-bond acceptors (Lipinski definition) is 6. The number of benzene rings is 1. The molecule has 0 radical (unpaired) electrons. The lowest BCUT2D eigenvalue weighted by atomic mass is 10.0. The van der Waals surface area contributed by atoms with Crippen LogP contribution in [0.3, 0.4) is 0 Å². The van der Waals surface area contributed by atoms with Gasteiger partial charge in [-0.05, 0) is 18.6 Å². The Kier molecular flexibility index (Phi) is 4.50. The third kappa shape index (κ3) is 3.12. The smallest absolute Gasteiger partial charge is 0.252 e. The van der Waals surface area contributed by atoms with Gasteiger partial charge in [-0.15, -0.1) is 0 Å². The van der Waals surface area contributed by atoms with Crippen LogP contribution in [0.4, 0.5) is 5.69 Å². The molecule has 1 aromatic rings. The number of carbonyl (C=O) groups excluding carboxylic acids is 3. The maximum Gasteiger partial charge on any atom is 0.252 e. The minimum absolute atomic E-state index is 0.0128. The number of anilines is 1. The van der Waals surface area contributed by atoms with E-state index in [-0.39, 0.29) is 17.7 Å². The van der Waals surface area contributed by atoms with Gasteiger partial charge in [-0.3, -0.25) is 19.7 Å². The summed E-state index contributed by atoms with van der Waals surface area (Å²) >= 11 is 0. The minimum Gasteiger partial charge on any atom is -0.489 e. The SMILES string of the molecule is O=C1CCCC(=O)N1.O=C1NCc2c1ccc1c2OCC2CNCCN12. The van der Waals surface area contributed by atoms with Crippen LogP contribution in [0.25, 0.3) is 0 Å². The topological polar surface area (TPSA) is 99.8 Å². The van der Waals surface area contributed by atoms with Gasteiger partial charge in [-0.2, -0.15) is 0 Å². The molecule has 138 valence electrons. The predicted octanol–water partition coefficient (Wildman–Crippen LogP) is -0.0863. The Bertz CT molecular complexity index is 750. The fourth-order valence-corrected chi connectivity index (χ4v) is 3.75. The summed E-state index contributed by atoms with van der Waals surface area (Å²) < 4.78 is 5.91. The number of amides is 3. The molecular weight excluding hydrogens is 336 g/mol. The molecule has 8 nitrogen and oxygen atoms in total. The van der Waals surface area contributed by atoms with Crippen molar-refractivity contribution in [3.8, 4) is 5.75 Å². The zero-order chi connectivity index (χ0) is 18.1. The molecule has 1 aromatic carbocycles. The molecule has 26 heavy (non-hydrogen) atoms. The van der Waals surface area contributed by atoms with Crippen molar-refractivity contribution in [1.29, 1.82) is 0 Å². The van der Waals surface area contributed by atoms with Crippen LogP contribution in [-0.4, -0.2) is 50.0 Å². The van der Waals surface area contributed by atoms with Crippen molar-refractivity contribution in [2.24, 2.45) is 0 Å². The number of piperazine rings is 1. The molecule has 3 N–H and O–H groups in total. The summed E-state index contributed by atoms with van der Waals surface area (Å²) in [5.41, 5.74) is 2.93. The van der Waals surface area contributed by atoms with Crippen molar-refractivity contribution in [1.82, 2.24) is 16.0 Å². The van der Waals surface area contributed by atoms with Gasteiger partial charge in [-0.25, -0.2) is 0 Å². The fourth-order valence-electron chi connectivity index (χ4n) is 3.75. The highest BCUT2D eigenvalue weighted by molar-refractivity contribution is 6.00. The summed E-state index contributed by atoms with van der Waals surface area (Å²) in [4.78, 5) is 34.7. The molecule has 2 fully saturated rings. The van der Waals surface area contributed by atoms with Crippen molar-refractivity contribution in [3.05, 3.63) is 23.3 Å². The number of ether oxygens (including phenoxy) is 1. The third-order valence-corrected chi connectivity index (χ3v) is 5.08. The maximum atomic E-state index is 11.6. The van der Waals surface area contributed by atoms with E-state index in [1.807, 2.05) is 12.1 Å². The van der Waals surface area contributed by atoms with Crippen molar-refractivity contribution >= 4 is 23.4 Å². The number of fused-ring (bicyclic) bond motifs is 5. The second-order valence-electron chi connectivity index (χ2n) is 6.81. The van der Waals surface area contributed by atoms with E-state index < -0.39 is 0 Å². The average molecular weight is 358 g/mol. The first-order chi connectivity index (χ1) is 12.6. The highest BCUT2D eigenvalue weighted by atomic mass is 16.5. The van der Waals surface area contributed by atoms with Crippen LogP contribution in [0.1, 0.15) is 35.2 Å². The molecule has 0 saturated carbocycles. The number of nitrogens with zero attached hydrogens (tertiary/aromatic N) is 1. The Morgan fingerprint density at radius 2 is 1.92 bits per heavy atom. The lowest BCUT2D eigenvalue weighted by molar-refractivity contribution is -0.132. The first-order valence-electron chi connectivity index (χ1n) is 9.00. The number of imide groups is 1. The molecule has 1 atom stereocenters. The van der Waals surface area contributed by atoms with E-state index in [1.165, 1.54) is 0 Å². The maximum absolute atomic E-state index is 11.6. The number of nitrogens with one attached hydrogen (secondary N) is 3. The molecule has 0 bridgehead atoms. The summed E-state index contributed by atoms with van der Waals surface area (Å²) in [6.07, 6.45) is 1.72. The zero-order valence-electron chi connectivity index (χ0n) is 14.5.